The Hall–Kier alpha value is -2.09. The molecule has 0 spiro atoms. The number of nitrogens with one attached hydrogen (secondary N) is 1. The lowest BCUT2D eigenvalue weighted by Gasteiger charge is -2.04. The zero-order valence-electron chi connectivity index (χ0n) is 11.6. The summed E-state index contributed by atoms with van der Waals surface area (Å²) in [6.45, 7) is 4.01. The lowest BCUT2D eigenvalue weighted by Crippen LogP contribution is -2.18. The summed E-state index contributed by atoms with van der Waals surface area (Å²) in [6.07, 6.45) is 2.16. The molecule has 0 aliphatic heterocycles. The molecule has 0 heterocycles. The largest absolute Gasteiger partial charge is 0.379 e. The zero-order valence-corrected chi connectivity index (χ0v) is 11.6. The first kappa shape index (κ1) is 13.3. The first-order valence-corrected chi connectivity index (χ1v) is 6.65. The molecule has 0 saturated heterocycles. The minimum absolute atomic E-state index is 0.933. The summed E-state index contributed by atoms with van der Waals surface area (Å²) < 4.78 is 2.20. The maximum atomic E-state index is 3.43. The molecule has 19 heavy (non-hydrogen) atoms. The average Bonchev–Trinajstić information content (AvgIpc) is 2.42. The molecule has 0 aliphatic rings. The summed E-state index contributed by atoms with van der Waals surface area (Å²) in [4.78, 5) is 0. The first-order valence-electron chi connectivity index (χ1n) is 6.65. The van der Waals surface area contributed by atoms with Gasteiger partial charge in [-0.1, -0.05) is 35.9 Å². The van der Waals surface area contributed by atoms with E-state index >= 15 is 0 Å². The predicted octanol–water partition coefficient (Wildman–Crippen LogP) is 3.17. The van der Waals surface area contributed by atoms with Crippen molar-refractivity contribution in [2.75, 3.05) is 25.5 Å². The quantitative estimate of drug-likeness (QED) is 0.639. The highest BCUT2D eigenvalue weighted by molar-refractivity contribution is 5.75. The van der Waals surface area contributed by atoms with Crippen LogP contribution in [0.2, 0.25) is 0 Å². The van der Waals surface area contributed by atoms with E-state index in [1.54, 1.807) is 0 Å². The van der Waals surface area contributed by atoms with Gasteiger partial charge < -0.3 is 5.32 Å². The smallest absolute Gasteiger partial charge is 0.170 e. The van der Waals surface area contributed by atoms with Gasteiger partial charge in [0.2, 0.25) is 0 Å². The summed E-state index contributed by atoms with van der Waals surface area (Å²) in [5.74, 6) is 0. The summed E-state index contributed by atoms with van der Waals surface area (Å²) >= 11 is 0. The van der Waals surface area contributed by atoms with Gasteiger partial charge in [-0.2, -0.15) is 0 Å². The van der Waals surface area contributed by atoms with Crippen LogP contribution < -0.4 is 5.32 Å². The Kier molecular flexibility index (Phi) is 4.73. The molecule has 0 unspecified atom stereocenters. The Morgan fingerprint density at radius 2 is 1.68 bits per heavy atom. The predicted molar refractivity (Wildman–Crippen MR) is 82.3 cm³/mol. The van der Waals surface area contributed by atoms with Crippen LogP contribution in [0, 0.1) is 6.92 Å². The number of nitrogens with zero attached hydrogens (tertiary/aromatic N) is 1. The van der Waals surface area contributed by atoms with Gasteiger partial charge in [-0.15, -0.1) is 0 Å². The summed E-state index contributed by atoms with van der Waals surface area (Å²) in [6, 6.07) is 18.9. The maximum absolute atomic E-state index is 3.43. The van der Waals surface area contributed by atoms with Gasteiger partial charge in [0.05, 0.1) is 6.54 Å². The van der Waals surface area contributed by atoms with Gasteiger partial charge >= 0.3 is 0 Å². The van der Waals surface area contributed by atoms with E-state index in [0.717, 1.165) is 13.1 Å². The van der Waals surface area contributed by atoms with Crippen LogP contribution in [0.15, 0.2) is 54.6 Å². The van der Waals surface area contributed by atoms with Crippen LogP contribution in [-0.2, 0) is 0 Å². The molecular weight excluding hydrogens is 232 g/mol. The van der Waals surface area contributed by atoms with Crippen molar-refractivity contribution in [3.05, 3.63) is 65.7 Å². The van der Waals surface area contributed by atoms with E-state index in [2.05, 4.69) is 78.6 Å². The normalized spacial score (nSPS) is 11.4. The fourth-order valence-electron chi connectivity index (χ4n) is 1.91. The van der Waals surface area contributed by atoms with Gasteiger partial charge in [0, 0.05) is 11.3 Å². The zero-order chi connectivity index (χ0) is 13.5. The molecule has 0 fully saturated rings. The monoisotopic (exact) mass is 253 g/mol. The molecule has 0 amide bonds. The van der Waals surface area contributed by atoms with Crippen LogP contribution in [-0.4, -0.2) is 30.9 Å². The standard InChI is InChI=1S/C17H21N2/c1-15-8-10-17(11-9-15)18-12-13-19(2)14-16-6-4-3-5-7-16/h3-11,14,18H,12-13H2,1-2H3/q+1. The minimum atomic E-state index is 0.933. The van der Waals surface area contributed by atoms with E-state index in [4.69, 9.17) is 0 Å². The Morgan fingerprint density at radius 3 is 2.37 bits per heavy atom. The molecule has 0 aromatic heterocycles. The molecule has 2 rings (SSSR count). The van der Waals surface area contributed by atoms with E-state index in [1.165, 1.54) is 16.8 Å². The van der Waals surface area contributed by atoms with Crippen LogP contribution >= 0.6 is 0 Å². The van der Waals surface area contributed by atoms with Crippen LogP contribution in [0.4, 0.5) is 5.69 Å². The number of hydrogen-bond acceptors (Lipinski definition) is 1. The maximum Gasteiger partial charge on any atom is 0.170 e. The first-order chi connectivity index (χ1) is 9.24. The highest BCUT2D eigenvalue weighted by Gasteiger charge is 1.98. The molecule has 0 bridgehead atoms. The molecule has 0 atom stereocenters. The summed E-state index contributed by atoms with van der Waals surface area (Å²) in [5, 5.41) is 3.43. The van der Waals surface area contributed by atoms with E-state index < -0.39 is 0 Å². The van der Waals surface area contributed by atoms with E-state index in [9.17, 15) is 0 Å². The lowest BCUT2D eigenvalue weighted by molar-refractivity contribution is -0.488. The molecule has 0 saturated carbocycles. The van der Waals surface area contributed by atoms with Gasteiger partial charge in [-0.05, 0) is 31.2 Å². The number of likely N-dealkylation sites (N-methyl/N-ethyl adjacent to an activating group) is 1. The Labute approximate surface area is 115 Å². The van der Waals surface area contributed by atoms with Crippen molar-refractivity contribution >= 4 is 11.9 Å². The number of benzene rings is 2. The fraction of sp³-hybridized carbons (Fsp3) is 0.235. The van der Waals surface area contributed by atoms with Gasteiger partial charge in [0.25, 0.3) is 0 Å². The van der Waals surface area contributed by atoms with E-state index in [-0.39, 0.29) is 0 Å². The Balaban J connectivity index is 1.82. The molecule has 98 valence electrons. The highest BCUT2D eigenvalue weighted by atomic mass is 15.0. The van der Waals surface area contributed by atoms with E-state index in [1.807, 2.05) is 6.07 Å². The number of aryl methyl sites for hydroxylation is 1. The van der Waals surface area contributed by atoms with Crippen molar-refractivity contribution in [3.8, 4) is 0 Å². The van der Waals surface area contributed by atoms with Crippen LogP contribution in [0.1, 0.15) is 11.1 Å². The van der Waals surface area contributed by atoms with Crippen LogP contribution in [0.5, 0.6) is 0 Å². The van der Waals surface area contributed by atoms with Crippen molar-refractivity contribution in [1.82, 2.24) is 0 Å². The third-order valence-corrected chi connectivity index (χ3v) is 3.01. The van der Waals surface area contributed by atoms with Gasteiger partial charge in [-0.25, -0.2) is 4.58 Å². The minimum Gasteiger partial charge on any atom is -0.379 e. The molecule has 2 aromatic carbocycles. The van der Waals surface area contributed by atoms with Crippen LogP contribution in [0.3, 0.4) is 0 Å². The number of anilines is 1. The summed E-state index contributed by atoms with van der Waals surface area (Å²) in [7, 11) is 2.10. The Bertz CT molecular complexity index is 527. The van der Waals surface area contributed by atoms with Crippen molar-refractivity contribution < 1.29 is 4.58 Å². The molecule has 2 heteroatoms. The molecule has 0 aliphatic carbocycles. The summed E-state index contributed by atoms with van der Waals surface area (Å²) in [5.41, 5.74) is 3.71. The fourth-order valence-corrected chi connectivity index (χ4v) is 1.91. The van der Waals surface area contributed by atoms with Crippen molar-refractivity contribution in [2.24, 2.45) is 0 Å². The van der Waals surface area contributed by atoms with Gasteiger partial charge in [-0.3, -0.25) is 0 Å². The van der Waals surface area contributed by atoms with Gasteiger partial charge in [0.1, 0.15) is 7.05 Å². The molecular formula is C17H21N2+. The Morgan fingerprint density at radius 1 is 1.00 bits per heavy atom. The number of hydrogen-bond donors (Lipinski definition) is 1. The molecule has 2 aromatic rings. The van der Waals surface area contributed by atoms with E-state index in [0.29, 0.717) is 0 Å². The molecule has 2 nitrogen and oxygen atoms in total. The second-order valence-electron chi connectivity index (χ2n) is 4.81. The second-order valence-corrected chi connectivity index (χ2v) is 4.81. The van der Waals surface area contributed by atoms with Crippen molar-refractivity contribution in [3.63, 3.8) is 0 Å². The highest BCUT2D eigenvalue weighted by Crippen LogP contribution is 2.07. The van der Waals surface area contributed by atoms with Crippen molar-refractivity contribution in [1.29, 1.82) is 0 Å². The molecule has 1 N–H and O–H groups in total. The topological polar surface area (TPSA) is 15.0 Å². The third kappa shape index (κ3) is 4.59. The second kappa shape index (κ2) is 6.74. The number of rotatable bonds is 5. The van der Waals surface area contributed by atoms with Gasteiger partial charge in [0.15, 0.2) is 12.8 Å². The average molecular weight is 253 g/mol. The van der Waals surface area contributed by atoms with Crippen molar-refractivity contribution in [2.45, 2.75) is 6.92 Å². The molecule has 0 radical (unpaired) electrons. The lowest BCUT2D eigenvalue weighted by atomic mass is 10.2. The van der Waals surface area contributed by atoms with Crippen LogP contribution in [0.25, 0.3) is 0 Å². The third-order valence-electron chi connectivity index (χ3n) is 3.01. The SMILES string of the molecule is Cc1ccc(NCC[N+](C)=Cc2ccccc2)cc1.